The molecule has 0 aromatic heterocycles. The van der Waals surface area contributed by atoms with Gasteiger partial charge in [-0.05, 0) is 25.3 Å². The molecular formula is C21H28N2O5. The molecule has 2 aliphatic heterocycles. The number of carbonyl (C=O) groups is 3. The summed E-state index contributed by atoms with van der Waals surface area (Å²) in [5.41, 5.74) is 1.04. The van der Waals surface area contributed by atoms with E-state index in [9.17, 15) is 14.4 Å². The van der Waals surface area contributed by atoms with Gasteiger partial charge in [-0.2, -0.15) is 0 Å². The zero-order valence-corrected chi connectivity index (χ0v) is 16.3. The molecule has 2 fully saturated rings. The Morgan fingerprint density at radius 3 is 2.57 bits per heavy atom. The van der Waals surface area contributed by atoms with Gasteiger partial charge in [0.1, 0.15) is 0 Å². The van der Waals surface area contributed by atoms with Gasteiger partial charge in [0.15, 0.2) is 0 Å². The zero-order valence-electron chi connectivity index (χ0n) is 16.3. The molecule has 28 heavy (non-hydrogen) atoms. The van der Waals surface area contributed by atoms with Gasteiger partial charge in [0.25, 0.3) is 0 Å². The first-order valence-corrected chi connectivity index (χ1v) is 9.91. The lowest BCUT2D eigenvalue weighted by Gasteiger charge is -2.35. The third kappa shape index (κ3) is 4.70. The molecule has 0 saturated carbocycles. The molecule has 2 atom stereocenters. The van der Waals surface area contributed by atoms with E-state index < -0.39 is 11.9 Å². The predicted molar refractivity (Wildman–Crippen MR) is 102 cm³/mol. The highest BCUT2D eigenvalue weighted by Gasteiger charge is 2.40. The number of nitrogens with zero attached hydrogens (tertiary/aromatic N) is 2. The van der Waals surface area contributed by atoms with E-state index in [0.29, 0.717) is 32.6 Å². The molecule has 0 bridgehead atoms. The number of ether oxygens (including phenoxy) is 1. The Labute approximate surface area is 165 Å². The molecule has 0 spiro atoms. The molecular weight excluding hydrogens is 360 g/mol. The van der Waals surface area contributed by atoms with E-state index >= 15 is 0 Å². The molecule has 2 saturated heterocycles. The number of hydrogen-bond acceptors (Lipinski definition) is 4. The van der Waals surface area contributed by atoms with Crippen LogP contribution in [-0.4, -0.2) is 65.0 Å². The lowest BCUT2D eigenvalue weighted by molar-refractivity contribution is -0.142. The minimum absolute atomic E-state index is 0.0173. The predicted octanol–water partition coefficient (Wildman–Crippen LogP) is 2.08. The van der Waals surface area contributed by atoms with Crippen molar-refractivity contribution in [3.63, 3.8) is 0 Å². The molecule has 3 rings (SSSR count). The summed E-state index contributed by atoms with van der Waals surface area (Å²) in [6.45, 7) is 3.67. The summed E-state index contributed by atoms with van der Waals surface area (Å²) in [7, 11) is 0. The second-order valence-corrected chi connectivity index (χ2v) is 7.55. The number of aliphatic carboxylic acids is 1. The van der Waals surface area contributed by atoms with Crippen LogP contribution in [0.25, 0.3) is 0 Å². The van der Waals surface area contributed by atoms with Crippen molar-refractivity contribution in [2.24, 2.45) is 5.92 Å². The van der Waals surface area contributed by atoms with Gasteiger partial charge in [-0.25, -0.2) is 0 Å². The van der Waals surface area contributed by atoms with Gasteiger partial charge < -0.3 is 19.6 Å². The van der Waals surface area contributed by atoms with Crippen LogP contribution in [0.15, 0.2) is 30.3 Å². The lowest BCUT2D eigenvalue weighted by atomic mass is 10.0. The Morgan fingerprint density at radius 2 is 1.93 bits per heavy atom. The summed E-state index contributed by atoms with van der Waals surface area (Å²) in [5, 5.41) is 9.07. The van der Waals surface area contributed by atoms with Crippen LogP contribution in [0.3, 0.4) is 0 Å². The first kappa shape index (κ1) is 20.3. The molecule has 2 heterocycles. The molecule has 1 aromatic carbocycles. The molecule has 1 N–H and O–H groups in total. The third-order valence-electron chi connectivity index (χ3n) is 5.74. The normalized spacial score (nSPS) is 21.5. The van der Waals surface area contributed by atoms with Gasteiger partial charge in [0.2, 0.25) is 11.8 Å². The number of hydrogen-bond donors (Lipinski definition) is 1. The van der Waals surface area contributed by atoms with Crippen molar-refractivity contribution in [1.82, 2.24) is 9.80 Å². The Kier molecular flexibility index (Phi) is 6.67. The number of likely N-dealkylation sites (tertiary alicyclic amines) is 1. The molecule has 152 valence electrons. The molecule has 7 nitrogen and oxygen atoms in total. The first-order valence-electron chi connectivity index (χ1n) is 9.91. The van der Waals surface area contributed by atoms with Crippen molar-refractivity contribution in [2.45, 2.75) is 44.7 Å². The van der Waals surface area contributed by atoms with Crippen molar-refractivity contribution < 1.29 is 24.2 Å². The summed E-state index contributed by atoms with van der Waals surface area (Å²) in [6, 6.07) is 9.66. The highest BCUT2D eigenvalue weighted by atomic mass is 16.5. The average Bonchev–Trinajstić information content (AvgIpc) is 3.10. The number of carboxylic acids is 1. The van der Waals surface area contributed by atoms with E-state index in [2.05, 4.69) is 0 Å². The summed E-state index contributed by atoms with van der Waals surface area (Å²) in [6.07, 6.45) is 1.50. The highest BCUT2D eigenvalue weighted by Crippen LogP contribution is 2.30. The minimum atomic E-state index is -0.924. The number of rotatable bonds is 7. The maximum absolute atomic E-state index is 13.2. The van der Waals surface area contributed by atoms with Crippen LogP contribution in [0.1, 0.15) is 44.2 Å². The van der Waals surface area contributed by atoms with Crippen LogP contribution in [0.4, 0.5) is 0 Å². The van der Waals surface area contributed by atoms with Crippen molar-refractivity contribution in [1.29, 1.82) is 0 Å². The first-order chi connectivity index (χ1) is 13.5. The van der Waals surface area contributed by atoms with E-state index in [1.807, 2.05) is 37.3 Å². The van der Waals surface area contributed by atoms with Gasteiger partial charge in [-0.3, -0.25) is 14.4 Å². The average molecular weight is 388 g/mol. The molecule has 0 unspecified atom stereocenters. The topological polar surface area (TPSA) is 87.2 Å². The Hall–Kier alpha value is -2.41. The van der Waals surface area contributed by atoms with Gasteiger partial charge in [0.05, 0.1) is 18.4 Å². The molecule has 0 radical (unpaired) electrons. The van der Waals surface area contributed by atoms with Crippen LogP contribution in [0.2, 0.25) is 0 Å². The molecule has 1 aromatic rings. The van der Waals surface area contributed by atoms with Crippen LogP contribution in [0, 0.1) is 5.92 Å². The van der Waals surface area contributed by atoms with Gasteiger partial charge in [-0.15, -0.1) is 0 Å². The Morgan fingerprint density at radius 1 is 1.25 bits per heavy atom. The maximum atomic E-state index is 13.2. The van der Waals surface area contributed by atoms with E-state index in [4.69, 9.17) is 9.84 Å². The quantitative estimate of drug-likeness (QED) is 0.773. The van der Waals surface area contributed by atoms with Crippen LogP contribution in [0.5, 0.6) is 0 Å². The smallest absolute Gasteiger partial charge is 0.305 e. The van der Waals surface area contributed by atoms with Crippen molar-refractivity contribution in [3.05, 3.63) is 35.9 Å². The van der Waals surface area contributed by atoms with Gasteiger partial charge in [-0.1, -0.05) is 30.3 Å². The van der Waals surface area contributed by atoms with Crippen molar-refractivity contribution in [3.8, 4) is 0 Å². The summed E-state index contributed by atoms with van der Waals surface area (Å²) in [5.74, 6) is -1.48. The summed E-state index contributed by atoms with van der Waals surface area (Å²) < 4.78 is 5.38. The number of amides is 2. The zero-order chi connectivity index (χ0) is 20.1. The second kappa shape index (κ2) is 9.19. The minimum Gasteiger partial charge on any atom is -0.481 e. The summed E-state index contributed by atoms with van der Waals surface area (Å²) in [4.78, 5) is 40.3. The summed E-state index contributed by atoms with van der Waals surface area (Å²) >= 11 is 0. The highest BCUT2D eigenvalue weighted by molar-refractivity contribution is 5.89. The fourth-order valence-electron chi connectivity index (χ4n) is 4.10. The van der Waals surface area contributed by atoms with Crippen LogP contribution >= 0.6 is 0 Å². The molecule has 2 aliphatic rings. The van der Waals surface area contributed by atoms with E-state index in [-0.39, 0.29) is 43.3 Å². The third-order valence-corrected chi connectivity index (χ3v) is 5.74. The van der Waals surface area contributed by atoms with Gasteiger partial charge in [0, 0.05) is 38.8 Å². The largest absolute Gasteiger partial charge is 0.481 e. The monoisotopic (exact) mass is 388 g/mol. The fourth-order valence-corrected chi connectivity index (χ4v) is 4.10. The Bertz CT molecular complexity index is 702. The van der Waals surface area contributed by atoms with E-state index in [1.54, 1.807) is 9.80 Å². The van der Waals surface area contributed by atoms with E-state index in [0.717, 1.165) is 5.56 Å². The van der Waals surface area contributed by atoms with Crippen LogP contribution < -0.4 is 0 Å². The fraction of sp³-hybridized carbons (Fsp3) is 0.571. The second-order valence-electron chi connectivity index (χ2n) is 7.55. The maximum Gasteiger partial charge on any atom is 0.305 e. The van der Waals surface area contributed by atoms with Crippen LogP contribution in [-0.2, 0) is 19.1 Å². The van der Waals surface area contributed by atoms with E-state index in [1.165, 1.54) is 0 Å². The molecule has 2 amide bonds. The van der Waals surface area contributed by atoms with Crippen molar-refractivity contribution >= 4 is 17.8 Å². The van der Waals surface area contributed by atoms with Gasteiger partial charge >= 0.3 is 5.97 Å². The SMILES string of the molecule is C[C@H](c1ccccc1)N1C[C@@H](C(=O)N(CCC(=O)O)C2CCOCC2)CC1=O. The lowest BCUT2D eigenvalue weighted by Crippen LogP contribution is -2.47. The van der Waals surface area contributed by atoms with Crippen molar-refractivity contribution in [2.75, 3.05) is 26.3 Å². The molecule has 0 aliphatic carbocycles. The Balaban J connectivity index is 1.70. The number of carboxylic acid groups (broad SMARTS) is 1. The number of carbonyl (C=O) groups excluding carboxylic acids is 2. The standard InChI is InChI=1S/C21H28N2O5/c1-15(16-5-3-2-4-6-16)23-14-17(13-19(23)24)21(27)22(10-7-20(25)26)18-8-11-28-12-9-18/h2-6,15,17-18H,7-14H2,1H3,(H,25,26)/t15-,17+/m1/s1. The number of benzene rings is 1. The molecule has 7 heteroatoms.